The number of aliphatic hydroxyl groups is 1. The van der Waals surface area contributed by atoms with E-state index in [1.165, 1.54) is 19.6 Å². The minimum absolute atomic E-state index is 0.178. The molecule has 1 aromatic carbocycles. The number of hydrogen-bond acceptors (Lipinski definition) is 7. The van der Waals surface area contributed by atoms with Crippen molar-refractivity contribution in [3.8, 4) is 0 Å². The molecule has 4 aliphatic rings. The normalized spacial score (nSPS) is 35.4. The highest BCUT2D eigenvalue weighted by atomic mass is 16.6. The molecule has 2 saturated heterocycles. The van der Waals surface area contributed by atoms with E-state index in [2.05, 4.69) is 16.3 Å². The van der Waals surface area contributed by atoms with E-state index in [1.807, 2.05) is 18.2 Å². The molecule has 0 aromatic heterocycles. The molecule has 1 aromatic rings. The van der Waals surface area contributed by atoms with Crippen LogP contribution < -0.4 is 5.32 Å². The summed E-state index contributed by atoms with van der Waals surface area (Å²) >= 11 is 0. The Morgan fingerprint density at radius 3 is 2.83 bits per heavy atom. The number of rotatable bonds is 3. The molecule has 29 heavy (non-hydrogen) atoms. The molecule has 2 fully saturated rings. The number of methoxy groups -OCH3 is 1. The van der Waals surface area contributed by atoms with Gasteiger partial charge in [-0.2, -0.15) is 0 Å². The van der Waals surface area contributed by atoms with Crippen LogP contribution in [0.25, 0.3) is 0 Å². The van der Waals surface area contributed by atoms with Crippen LogP contribution in [-0.4, -0.2) is 59.9 Å². The lowest BCUT2D eigenvalue weighted by molar-refractivity contribution is -0.182. The van der Waals surface area contributed by atoms with Crippen LogP contribution >= 0.6 is 0 Å². The van der Waals surface area contributed by atoms with Gasteiger partial charge in [-0.25, -0.2) is 4.79 Å². The molecule has 0 amide bonds. The molecule has 5 atom stereocenters. The average molecular weight is 398 g/mol. The second-order valence-corrected chi connectivity index (χ2v) is 8.69. The maximum atomic E-state index is 13.0. The summed E-state index contributed by atoms with van der Waals surface area (Å²) < 4.78 is 10.6. The third kappa shape index (κ3) is 2.25. The predicted octanol–water partition coefficient (Wildman–Crippen LogP) is 1.57. The van der Waals surface area contributed by atoms with Crippen LogP contribution in [0.4, 0.5) is 5.69 Å². The van der Waals surface area contributed by atoms with Gasteiger partial charge in [0.1, 0.15) is 11.7 Å². The first-order valence-corrected chi connectivity index (χ1v) is 10.2. The number of benzene rings is 1. The number of piperidine rings is 1. The highest BCUT2D eigenvalue weighted by molar-refractivity contribution is 5.94. The van der Waals surface area contributed by atoms with Crippen LogP contribution in [0.1, 0.15) is 32.3 Å². The largest absolute Gasteiger partial charge is 0.466 e. The van der Waals surface area contributed by atoms with Crippen molar-refractivity contribution in [2.24, 2.45) is 5.92 Å². The molecular weight excluding hydrogens is 372 g/mol. The van der Waals surface area contributed by atoms with E-state index in [0.717, 1.165) is 24.4 Å². The molecule has 154 valence electrons. The quantitative estimate of drug-likeness (QED) is 0.747. The number of carbonyl (C=O) groups is 2. The Labute approximate surface area is 169 Å². The van der Waals surface area contributed by atoms with Crippen molar-refractivity contribution in [3.63, 3.8) is 0 Å². The number of nitrogens with one attached hydrogen (secondary N) is 1. The average Bonchev–Trinajstić information content (AvgIpc) is 3.24. The van der Waals surface area contributed by atoms with Gasteiger partial charge in [0.2, 0.25) is 0 Å². The van der Waals surface area contributed by atoms with Crippen LogP contribution in [0.3, 0.4) is 0 Å². The van der Waals surface area contributed by atoms with E-state index in [-0.39, 0.29) is 11.5 Å². The number of carbonyl (C=O) groups excluding carboxylic acids is 2. The fourth-order valence-electron chi connectivity index (χ4n) is 6.29. The summed E-state index contributed by atoms with van der Waals surface area (Å²) in [4.78, 5) is 26.9. The summed E-state index contributed by atoms with van der Waals surface area (Å²) in [7, 11) is 1.37. The molecule has 7 nitrogen and oxygen atoms in total. The summed E-state index contributed by atoms with van der Waals surface area (Å²) in [6, 6.07) is 8.36. The summed E-state index contributed by atoms with van der Waals surface area (Å²) in [5.41, 5.74) is 1.90. The van der Waals surface area contributed by atoms with Gasteiger partial charge in [0.25, 0.3) is 0 Å². The number of ether oxygens (including phenoxy) is 2. The van der Waals surface area contributed by atoms with E-state index < -0.39 is 29.6 Å². The lowest BCUT2D eigenvalue weighted by Crippen LogP contribution is -2.67. The number of hydrogen-bond donors (Lipinski definition) is 2. The Balaban J connectivity index is 1.73. The Bertz CT molecular complexity index is 943. The van der Waals surface area contributed by atoms with Crippen molar-refractivity contribution in [2.75, 3.05) is 25.5 Å². The molecule has 0 radical (unpaired) electrons. The van der Waals surface area contributed by atoms with Crippen molar-refractivity contribution in [3.05, 3.63) is 41.1 Å². The number of nitrogens with zero attached hydrogens (tertiary/aromatic N) is 1. The van der Waals surface area contributed by atoms with E-state index >= 15 is 0 Å². The number of anilines is 1. The summed E-state index contributed by atoms with van der Waals surface area (Å²) in [5, 5.41) is 15.3. The van der Waals surface area contributed by atoms with Crippen LogP contribution in [0.15, 0.2) is 35.5 Å². The molecule has 1 aliphatic carbocycles. The van der Waals surface area contributed by atoms with Crippen molar-refractivity contribution < 1.29 is 24.2 Å². The van der Waals surface area contributed by atoms with E-state index in [9.17, 15) is 14.7 Å². The Morgan fingerprint density at radius 1 is 1.34 bits per heavy atom. The molecule has 2 bridgehead atoms. The van der Waals surface area contributed by atoms with Gasteiger partial charge >= 0.3 is 11.9 Å². The first-order valence-electron chi connectivity index (χ1n) is 10.2. The van der Waals surface area contributed by atoms with Gasteiger partial charge < -0.3 is 19.9 Å². The fraction of sp³-hybridized carbons (Fsp3) is 0.545. The first kappa shape index (κ1) is 18.6. The second kappa shape index (κ2) is 6.06. The monoisotopic (exact) mass is 398 g/mol. The van der Waals surface area contributed by atoms with Crippen LogP contribution in [0, 0.1) is 5.92 Å². The minimum atomic E-state index is -1.37. The van der Waals surface area contributed by atoms with Crippen LogP contribution in [-0.2, 0) is 24.5 Å². The summed E-state index contributed by atoms with van der Waals surface area (Å²) in [5.74, 6) is -1.36. The van der Waals surface area contributed by atoms with Crippen molar-refractivity contribution in [1.29, 1.82) is 0 Å². The maximum Gasteiger partial charge on any atom is 0.335 e. The third-order valence-corrected chi connectivity index (χ3v) is 7.51. The lowest BCUT2D eigenvalue weighted by Gasteiger charge is -2.55. The maximum absolute atomic E-state index is 13.0. The van der Waals surface area contributed by atoms with Gasteiger partial charge in [-0.05, 0) is 37.9 Å². The molecule has 5 unspecified atom stereocenters. The molecule has 3 aliphatic heterocycles. The first-order chi connectivity index (χ1) is 13.8. The van der Waals surface area contributed by atoms with E-state index in [4.69, 9.17) is 9.47 Å². The van der Waals surface area contributed by atoms with Gasteiger partial charge in [-0.1, -0.05) is 18.2 Å². The van der Waals surface area contributed by atoms with Crippen molar-refractivity contribution >= 4 is 17.6 Å². The van der Waals surface area contributed by atoms with Gasteiger partial charge in [0.15, 0.2) is 0 Å². The highest BCUT2D eigenvalue weighted by Gasteiger charge is 2.67. The lowest BCUT2D eigenvalue weighted by atomic mass is 9.58. The van der Waals surface area contributed by atoms with Gasteiger partial charge in [0, 0.05) is 36.8 Å². The number of para-hydroxylation sites is 1. The predicted molar refractivity (Wildman–Crippen MR) is 105 cm³/mol. The van der Waals surface area contributed by atoms with Gasteiger partial charge in [-0.15, -0.1) is 0 Å². The highest BCUT2D eigenvalue weighted by Crippen LogP contribution is 2.62. The molecule has 5 rings (SSSR count). The summed E-state index contributed by atoms with van der Waals surface area (Å²) in [6.07, 6.45) is 0.733. The minimum Gasteiger partial charge on any atom is -0.466 e. The second-order valence-electron chi connectivity index (χ2n) is 8.69. The molecule has 2 N–H and O–H groups in total. The Morgan fingerprint density at radius 2 is 2.10 bits per heavy atom. The van der Waals surface area contributed by atoms with Crippen LogP contribution in [0.5, 0.6) is 0 Å². The van der Waals surface area contributed by atoms with E-state index in [0.29, 0.717) is 18.5 Å². The summed E-state index contributed by atoms with van der Waals surface area (Å²) in [6.45, 7) is 4.20. The fourth-order valence-corrected chi connectivity index (χ4v) is 6.29. The molecular formula is C22H26N2O5. The Kier molecular flexibility index (Phi) is 3.89. The van der Waals surface area contributed by atoms with Crippen molar-refractivity contribution in [1.82, 2.24) is 4.90 Å². The SMILES string of the molecule is COC(=O)C1=C2Nc3ccccc3C23CCN2CC(O)(C(C)OC(C)=O)C1CC23. The standard InChI is InChI=1S/C22H26N2O5/c1-12(29-13(2)25)22(27)11-24-9-8-21-14-6-4-5-7-16(14)23-19(21)18(20(26)28-3)15(22)10-17(21)24/h4-7,12,15,17,23,27H,8-11H2,1-3H3. The zero-order valence-electron chi connectivity index (χ0n) is 16.9. The zero-order chi connectivity index (χ0) is 20.6. The molecule has 1 spiro atoms. The van der Waals surface area contributed by atoms with Crippen molar-refractivity contribution in [2.45, 2.75) is 49.9 Å². The number of fused-ring (bicyclic) bond motifs is 2. The van der Waals surface area contributed by atoms with E-state index in [1.54, 1.807) is 6.92 Å². The number of esters is 2. The van der Waals surface area contributed by atoms with Gasteiger partial charge in [-0.3, -0.25) is 9.69 Å². The Hall–Kier alpha value is -2.38. The third-order valence-electron chi connectivity index (χ3n) is 7.51. The molecule has 3 heterocycles. The molecule has 7 heteroatoms. The topological polar surface area (TPSA) is 88.1 Å². The smallest absolute Gasteiger partial charge is 0.335 e. The van der Waals surface area contributed by atoms with Gasteiger partial charge in [0.05, 0.1) is 18.1 Å². The zero-order valence-corrected chi connectivity index (χ0v) is 16.9. The molecule has 0 saturated carbocycles. The van der Waals surface area contributed by atoms with Crippen LogP contribution in [0.2, 0.25) is 0 Å².